The van der Waals surface area contributed by atoms with E-state index in [9.17, 15) is 0 Å². The van der Waals surface area contributed by atoms with Gasteiger partial charge in [0.15, 0.2) is 0 Å². The molecule has 0 unspecified atom stereocenters. The van der Waals surface area contributed by atoms with Gasteiger partial charge in [0.1, 0.15) is 0 Å². The Balaban J connectivity index is 2.39. The molecule has 0 saturated carbocycles. The zero-order valence-electron chi connectivity index (χ0n) is 11.0. The molecule has 0 spiro atoms. The summed E-state index contributed by atoms with van der Waals surface area (Å²) in [5.74, 6) is 0.406. The van der Waals surface area contributed by atoms with Crippen LogP contribution in [0.4, 0.5) is 0 Å². The first kappa shape index (κ1) is 11.8. The molecular weight excluding hydrogens is 206 g/mol. The standard InChI is InChI=1S/C16H19N/c1-11-5-6-12(2)16(9-11)14(4)15-8-7-13(3)17-10-15/h5-10,14H,1-4H3/t14-/m0/s1. The lowest BCUT2D eigenvalue weighted by Gasteiger charge is -2.15. The first-order valence-corrected chi connectivity index (χ1v) is 6.07. The van der Waals surface area contributed by atoms with Crippen LogP contribution in [0.15, 0.2) is 36.5 Å². The molecule has 0 bridgehead atoms. The number of aromatic nitrogens is 1. The van der Waals surface area contributed by atoms with Crippen LogP contribution in [0, 0.1) is 20.8 Å². The number of rotatable bonds is 2. The summed E-state index contributed by atoms with van der Waals surface area (Å²) in [5.41, 5.74) is 6.42. The molecule has 17 heavy (non-hydrogen) atoms. The molecule has 2 rings (SSSR count). The summed E-state index contributed by atoms with van der Waals surface area (Å²) in [6, 6.07) is 10.9. The van der Waals surface area contributed by atoms with Crippen molar-refractivity contribution in [2.45, 2.75) is 33.6 Å². The van der Waals surface area contributed by atoms with Gasteiger partial charge >= 0.3 is 0 Å². The van der Waals surface area contributed by atoms with Crippen LogP contribution in [0.1, 0.15) is 40.8 Å². The molecule has 88 valence electrons. The average Bonchev–Trinajstić information content (AvgIpc) is 2.32. The van der Waals surface area contributed by atoms with Crippen LogP contribution < -0.4 is 0 Å². The monoisotopic (exact) mass is 225 g/mol. The average molecular weight is 225 g/mol. The molecule has 0 aliphatic carbocycles. The molecular formula is C16H19N. The lowest BCUT2D eigenvalue weighted by molar-refractivity contribution is 0.894. The van der Waals surface area contributed by atoms with Gasteiger partial charge in [-0.2, -0.15) is 0 Å². The van der Waals surface area contributed by atoms with E-state index >= 15 is 0 Å². The summed E-state index contributed by atoms with van der Waals surface area (Å²) < 4.78 is 0. The molecule has 0 amide bonds. The number of pyridine rings is 1. The molecule has 0 radical (unpaired) electrons. The van der Waals surface area contributed by atoms with E-state index in [0.29, 0.717) is 5.92 Å². The van der Waals surface area contributed by atoms with Crippen LogP contribution in [0.3, 0.4) is 0 Å². The van der Waals surface area contributed by atoms with Crippen molar-refractivity contribution in [3.05, 3.63) is 64.5 Å². The second-order valence-corrected chi connectivity index (χ2v) is 4.81. The van der Waals surface area contributed by atoms with E-state index in [-0.39, 0.29) is 0 Å². The highest BCUT2D eigenvalue weighted by atomic mass is 14.7. The van der Waals surface area contributed by atoms with Crippen LogP contribution in [-0.4, -0.2) is 4.98 Å². The van der Waals surface area contributed by atoms with Crippen molar-refractivity contribution in [1.29, 1.82) is 0 Å². The van der Waals surface area contributed by atoms with Crippen LogP contribution in [0.2, 0.25) is 0 Å². The number of hydrogen-bond acceptors (Lipinski definition) is 1. The largest absolute Gasteiger partial charge is 0.261 e. The molecule has 1 heteroatoms. The van der Waals surface area contributed by atoms with E-state index in [4.69, 9.17) is 0 Å². The Bertz CT molecular complexity index is 512. The molecule has 1 heterocycles. The molecule has 0 aliphatic rings. The minimum absolute atomic E-state index is 0.406. The van der Waals surface area contributed by atoms with Gasteiger partial charge < -0.3 is 0 Å². The van der Waals surface area contributed by atoms with Gasteiger partial charge in [-0.1, -0.05) is 36.8 Å². The number of benzene rings is 1. The van der Waals surface area contributed by atoms with Gasteiger partial charge in [-0.05, 0) is 43.5 Å². The normalized spacial score (nSPS) is 12.5. The van der Waals surface area contributed by atoms with Gasteiger partial charge in [0, 0.05) is 17.8 Å². The third-order valence-electron chi connectivity index (χ3n) is 3.34. The van der Waals surface area contributed by atoms with Crippen molar-refractivity contribution in [3.8, 4) is 0 Å². The van der Waals surface area contributed by atoms with E-state index in [1.807, 2.05) is 13.1 Å². The van der Waals surface area contributed by atoms with Gasteiger partial charge in [-0.15, -0.1) is 0 Å². The van der Waals surface area contributed by atoms with Crippen molar-refractivity contribution in [3.63, 3.8) is 0 Å². The number of hydrogen-bond donors (Lipinski definition) is 0. The lowest BCUT2D eigenvalue weighted by atomic mass is 9.90. The van der Waals surface area contributed by atoms with Gasteiger partial charge in [-0.3, -0.25) is 4.98 Å². The fourth-order valence-corrected chi connectivity index (χ4v) is 2.14. The predicted octanol–water partition coefficient (Wildman–Crippen LogP) is 4.16. The minimum Gasteiger partial charge on any atom is -0.261 e. The summed E-state index contributed by atoms with van der Waals surface area (Å²) in [6.07, 6.45) is 1.99. The maximum Gasteiger partial charge on any atom is 0.0372 e. The zero-order valence-corrected chi connectivity index (χ0v) is 11.0. The first-order chi connectivity index (χ1) is 8.08. The SMILES string of the molecule is Cc1ccc(C)c([C@@H](C)c2ccc(C)nc2)c1. The van der Waals surface area contributed by atoms with E-state index in [2.05, 4.69) is 56.1 Å². The fourth-order valence-electron chi connectivity index (χ4n) is 2.14. The summed E-state index contributed by atoms with van der Waals surface area (Å²) >= 11 is 0. The van der Waals surface area contributed by atoms with Crippen molar-refractivity contribution >= 4 is 0 Å². The van der Waals surface area contributed by atoms with E-state index in [1.54, 1.807) is 0 Å². The molecule has 0 saturated heterocycles. The third kappa shape index (κ3) is 2.55. The molecule has 0 N–H and O–H groups in total. The summed E-state index contributed by atoms with van der Waals surface area (Å²) in [4.78, 5) is 4.38. The van der Waals surface area contributed by atoms with Gasteiger partial charge in [0.05, 0.1) is 0 Å². The topological polar surface area (TPSA) is 12.9 Å². The Hall–Kier alpha value is -1.63. The minimum atomic E-state index is 0.406. The van der Waals surface area contributed by atoms with Crippen molar-refractivity contribution in [2.75, 3.05) is 0 Å². The Morgan fingerprint density at radius 2 is 1.76 bits per heavy atom. The van der Waals surface area contributed by atoms with Crippen molar-refractivity contribution < 1.29 is 0 Å². The van der Waals surface area contributed by atoms with Crippen LogP contribution in [-0.2, 0) is 0 Å². The van der Waals surface area contributed by atoms with E-state index < -0.39 is 0 Å². The molecule has 2 aromatic rings. The number of nitrogens with zero attached hydrogens (tertiary/aromatic N) is 1. The van der Waals surface area contributed by atoms with Crippen LogP contribution >= 0.6 is 0 Å². The second kappa shape index (κ2) is 4.70. The van der Waals surface area contributed by atoms with Gasteiger partial charge in [0.2, 0.25) is 0 Å². The molecule has 1 atom stereocenters. The molecule has 1 nitrogen and oxygen atoms in total. The Kier molecular flexibility index (Phi) is 3.28. The third-order valence-corrected chi connectivity index (χ3v) is 3.34. The zero-order chi connectivity index (χ0) is 12.4. The summed E-state index contributed by atoms with van der Waals surface area (Å²) in [7, 11) is 0. The van der Waals surface area contributed by atoms with Crippen LogP contribution in [0.5, 0.6) is 0 Å². The highest BCUT2D eigenvalue weighted by Gasteiger charge is 2.11. The van der Waals surface area contributed by atoms with Crippen molar-refractivity contribution in [1.82, 2.24) is 4.98 Å². The summed E-state index contributed by atoms with van der Waals surface area (Å²) in [5, 5.41) is 0. The van der Waals surface area contributed by atoms with Gasteiger partial charge in [-0.25, -0.2) is 0 Å². The Labute approximate surface area is 104 Å². The highest BCUT2D eigenvalue weighted by molar-refractivity contribution is 5.38. The first-order valence-electron chi connectivity index (χ1n) is 6.07. The van der Waals surface area contributed by atoms with E-state index in [0.717, 1.165) is 5.69 Å². The predicted molar refractivity (Wildman–Crippen MR) is 72.4 cm³/mol. The molecule has 0 fully saturated rings. The smallest absolute Gasteiger partial charge is 0.0372 e. The van der Waals surface area contributed by atoms with Crippen LogP contribution in [0.25, 0.3) is 0 Å². The fraction of sp³-hybridized carbons (Fsp3) is 0.312. The van der Waals surface area contributed by atoms with E-state index in [1.165, 1.54) is 22.3 Å². The number of aryl methyl sites for hydroxylation is 3. The quantitative estimate of drug-likeness (QED) is 0.748. The second-order valence-electron chi connectivity index (χ2n) is 4.81. The molecule has 0 aliphatic heterocycles. The van der Waals surface area contributed by atoms with Gasteiger partial charge in [0.25, 0.3) is 0 Å². The molecule has 1 aromatic heterocycles. The van der Waals surface area contributed by atoms with Crippen molar-refractivity contribution in [2.24, 2.45) is 0 Å². The molecule has 1 aromatic carbocycles. The maximum absolute atomic E-state index is 4.38. The maximum atomic E-state index is 4.38. The Morgan fingerprint density at radius 1 is 1.00 bits per heavy atom. The highest BCUT2D eigenvalue weighted by Crippen LogP contribution is 2.27. The summed E-state index contributed by atoms with van der Waals surface area (Å²) in [6.45, 7) is 8.58. The lowest BCUT2D eigenvalue weighted by Crippen LogP contribution is -2.00. The Morgan fingerprint density at radius 3 is 2.41 bits per heavy atom.